The molecule has 0 unspecified atom stereocenters. The van der Waals surface area contributed by atoms with Crippen molar-refractivity contribution in [3.05, 3.63) is 83.9 Å². The first-order valence-corrected chi connectivity index (χ1v) is 13.2. The van der Waals surface area contributed by atoms with E-state index in [1.807, 2.05) is 30.3 Å². The quantitative estimate of drug-likeness (QED) is 0.432. The highest BCUT2D eigenvalue weighted by Gasteiger charge is 2.22. The van der Waals surface area contributed by atoms with Gasteiger partial charge < -0.3 is 20.1 Å². The number of hydrogen-bond acceptors (Lipinski definition) is 6. The third kappa shape index (κ3) is 6.33. The molecule has 0 saturated heterocycles. The maximum Gasteiger partial charge on any atom is 0.253 e. The lowest BCUT2D eigenvalue weighted by atomic mass is 10.1. The zero-order valence-electron chi connectivity index (χ0n) is 19.8. The van der Waals surface area contributed by atoms with Crippen LogP contribution in [0.3, 0.4) is 0 Å². The minimum absolute atomic E-state index is 0.0660. The second-order valence-corrected chi connectivity index (χ2v) is 10.1. The normalized spacial score (nSPS) is 12.1. The van der Waals surface area contributed by atoms with Gasteiger partial charge in [0.25, 0.3) is 5.91 Å². The molecule has 0 radical (unpaired) electrons. The van der Waals surface area contributed by atoms with E-state index in [0.29, 0.717) is 35.0 Å². The Morgan fingerprint density at radius 3 is 2.44 bits per heavy atom. The van der Waals surface area contributed by atoms with E-state index >= 15 is 0 Å². The molecule has 36 heavy (non-hydrogen) atoms. The predicted molar refractivity (Wildman–Crippen MR) is 137 cm³/mol. The molecular formula is C26H27N3O6S. The molecule has 1 aliphatic rings. The Kier molecular flexibility index (Phi) is 7.74. The highest BCUT2D eigenvalue weighted by molar-refractivity contribution is 7.92. The summed E-state index contributed by atoms with van der Waals surface area (Å²) in [6.07, 6.45) is 1.45. The van der Waals surface area contributed by atoms with Gasteiger partial charge in [0.1, 0.15) is 0 Å². The van der Waals surface area contributed by atoms with Crippen LogP contribution in [0.25, 0.3) is 0 Å². The third-order valence-corrected chi connectivity index (χ3v) is 6.75. The standard InChI is InChI=1S/C26H27N3O6S/c1-36(32,33)29(20-13-14-23-24(16-20)35-18-34-23)15-7-12-25(30)28-22-11-6-5-10-21(22)26(31)27-17-19-8-3-2-4-9-19/h2-6,8-11,13-14,16H,7,12,15,17-18H2,1H3,(H,27,31)(H,28,30). The molecule has 0 aliphatic carbocycles. The van der Waals surface area contributed by atoms with Crippen LogP contribution in [0.15, 0.2) is 72.8 Å². The zero-order chi connectivity index (χ0) is 25.5. The molecule has 2 amide bonds. The lowest BCUT2D eigenvalue weighted by Gasteiger charge is -2.22. The summed E-state index contributed by atoms with van der Waals surface area (Å²) in [6, 6.07) is 21.2. The Morgan fingerprint density at radius 1 is 0.944 bits per heavy atom. The summed E-state index contributed by atoms with van der Waals surface area (Å²) < 4.78 is 36.6. The Labute approximate surface area is 210 Å². The number of nitrogens with zero attached hydrogens (tertiary/aromatic N) is 1. The average molecular weight is 510 g/mol. The van der Waals surface area contributed by atoms with Gasteiger partial charge in [-0.05, 0) is 36.2 Å². The van der Waals surface area contributed by atoms with Crippen LogP contribution < -0.4 is 24.4 Å². The highest BCUT2D eigenvalue weighted by Crippen LogP contribution is 2.36. The summed E-state index contributed by atoms with van der Waals surface area (Å²) in [5.74, 6) is 0.400. The van der Waals surface area contributed by atoms with Crippen LogP contribution in [0, 0.1) is 0 Å². The summed E-state index contributed by atoms with van der Waals surface area (Å²) in [6.45, 7) is 0.553. The summed E-state index contributed by atoms with van der Waals surface area (Å²) in [5.41, 5.74) is 2.14. The Balaban J connectivity index is 1.35. The van der Waals surface area contributed by atoms with Gasteiger partial charge in [-0.3, -0.25) is 13.9 Å². The van der Waals surface area contributed by atoms with Crippen LogP contribution >= 0.6 is 0 Å². The zero-order valence-corrected chi connectivity index (χ0v) is 20.6. The number of benzene rings is 3. The van der Waals surface area contributed by atoms with Crippen molar-refractivity contribution >= 4 is 33.2 Å². The maximum atomic E-state index is 12.7. The van der Waals surface area contributed by atoms with Crippen molar-refractivity contribution < 1.29 is 27.5 Å². The molecule has 3 aromatic rings. The second kappa shape index (κ2) is 11.1. The fourth-order valence-corrected chi connectivity index (χ4v) is 4.74. The lowest BCUT2D eigenvalue weighted by molar-refractivity contribution is -0.116. The molecule has 0 aromatic heterocycles. The van der Waals surface area contributed by atoms with Gasteiger partial charge in [0.05, 0.1) is 23.2 Å². The molecule has 9 nitrogen and oxygen atoms in total. The molecular weight excluding hydrogens is 482 g/mol. The van der Waals surface area contributed by atoms with Crippen LogP contribution in [0.1, 0.15) is 28.8 Å². The molecule has 4 rings (SSSR count). The van der Waals surface area contributed by atoms with Crippen LogP contribution in [0.2, 0.25) is 0 Å². The van der Waals surface area contributed by atoms with E-state index in [9.17, 15) is 18.0 Å². The Hall–Kier alpha value is -4.05. The van der Waals surface area contributed by atoms with Gasteiger partial charge >= 0.3 is 0 Å². The van der Waals surface area contributed by atoms with Crippen molar-refractivity contribution in [1.29, 1.82) is 0 Å². The van der Waals surface area contributed by atoms with Gasteiger partial charge in [0, 0.05) is 25.6 Å². The minimum Gasteiger partial charge on any atom is -0.454 e. The molecule has 1 heterocycles. The number of fused-ring (bicyclic) bond motifs is 1. The molecule has 0 spiro atoms. The van der Waals surface area contributed by atoms with E-state index < -0.39 is 10.0 Å². The monoisotopic (exact) mass is 509 g/mol. The topological polar surface area (TPSA) is 114 Å². The van der Waals surface area contributed by atoms with Crippen molar-refractivity contribution in [2.24, 2.45) is 0 Å². The number of anilines is 2. The average Bonchev–Trinajstić information content (AvgIpc) is 3.33. The molecule has 3 aromatic carbocycles. The fourth-order valence-electron chi connectivity index (χ4n) is 3.79. The van der Waals surface area contributed by atoms with Gasteiger partial charge in [-0.2, -0.15) is 0 Å². The number of rotatable bonds is 10. The summed E-state index contributed by atoms with van der Waals surface area (Å²) in [7, 11) is -3.59. The third-order valence-electron chi connectivity index (χ3n) is 5.55. The largest absolute Gasteiger partial charge is 0.454 e. The number of carbonyl (C=O) groups is 2. The molecule has 2 N–H and O–H groups in total. The molecule has 0 atom stereocenters. The van der Waals surface area contributed by atoms with Crippen molar-refractivity contribution in [2.75, 3.05) is 29.2 Å². The molecule has 0 saturated carbocycles. The summed E-state index contributed by atoms with van der Waals surface area (Å²) in [5, 5.41) is 5.63. The van der Waals surface area contributed by atoms with Crippen LogP contribution in [0.4, 0.5) is 11.4 Å². The highest BCUT2D eigenvalue weighted by atomic mass is 32.2. The number of nitrogens with one attached hydrogen (secondary N) is 2. The van der Waals surface area contributed by atoms with Crippen molar-refractivity contribution in [3.8, 4) is 11.5 Å². The number of amides is 2. The van der Waals surface area contributed by atoms with Crippen molar-refractivity contribution in [3.63, 3.8) is 0 Å². The van der Waals surface area contributed by atoms with E-state index in [4.69, 9.17) is 9.47 Å². The fraction of sp³-hybridized carbons (Fsp3) is 0.231. The first kappa shape index (κ1) is 25.1. The number of para-hydroxylation sites is 1. The maximum absolute atomic E-state index is 12.7. The SMILES string of the molecule is CS(=O)(=O)N(CCCC(=O)Nc1ccccc1C(=O)NCc1ccccc1)c1ccc2c(c1)OCO2. The van der Waals surface area contributed by atoms with Crippen molar-refractivity contribution in [1.82, 2.24) is 5.32 Å². The van der Waals surface area contributed by atoms with Crippen LogP contribution in [0.5, 0.6) is 11.5 Å². The Bertz CT molecular complexity index is 1340. The number of carbonyl (C=O) groups excluding carboxylic acids is 2. The van der Waals surface area contributed by atoms with Gasteiger partial charge in [-0.25, -0.2) is 8.42 Å². The smallest absolute Gasteiger partial charge is 0.253 e. The summed E-state index contributed by atoms with van der Waals surface area (Å²) in [4.78, 5) is 25.4. The van der Waals surface area contributed by atoms with Gasteiger partial charge in [0.15, 0.2) is 11.5 Å². The van der Waals surface area contributed by atoms with E-state index in [1.165, 1.54) is 4.31 Å². The number of ether oxygens (including phenoxy) is 2. The lowest BCUT2D eigenvalue weighted by Crippen LogP contribution is -2.31. The van der Waals surface area contributed by atoms with E-state index in [2.05, 4.69) is 10.6 Å². The van der Waals surface area contributed by atoms with Gasteiger partial charge in [0.2, 0.25) is 22.7 Å². The first-order valence-electron chi connectivity index (χ1n) is 11.4. The molecule has 10 heteroatoms. The summed E-state index contributed by atoms with van der Waals surface area (Å²) >= 11 is 0. The molecule has 0 bridgehead atoms. The van der Waals surface area contributed by atoms with Crippen LogP contribution in [-0.4, -0.2) is 39.8 Å². The molecule has 0 fully saturated rings. The van der Waals surface area contributed by atoms with Crippen LogP contribution in [-0.2, 0) is 21.4 Å². The predicted octanol–water partition coefficient (Wildman–Crippen LogP) is 3.53. The van der Waals surface area contributed by atoms with E-state index in [-0.39, 0.29) is 38.0 Å². The van der Waals surface area contributed by atoms with Crippen molar-refractivity contribution in [2.45, 2.75) is 19.4 Å². The minimum atomic E-state index is -3.59. The second-order valence-electron chi connectivity index (χ2n) is 8.24. The first-order chi connectivity index (χ1) is 17.3. The number of hydrogen-bond donors (Lipinski definition) is 2. The van der Waals surface area contributed by atoms with E-state index in [1.54, 1.807) is 42.5 Å². The van der Waals surface area contributed by atoms with E-state index in [0.717, 1.165) is 11.8 Å². The van der Waals surface area contributed by atoms with Gasteiger partial charge in [-0.15, -0.1) is 0 Å². The molecule has 188 valence electrons. The molecule has 1 aliphatic heterocycles. The Morgan fingerprint density at radius 2 is 1.67 bits per heavy atom. The van der Waals surface area contributed by atoms with Gasteiger partial charge in [-0.1, -0.05) is 42.5 Å². The number of sulfonamides is 1.